The van der Waals surface area contributed by atoms with E-state index in [9.17, 15) is 9.59 Å². The fourth-order valence-electron chi connectivity index (χ4n) is 2.70. The first-order valence-corrected chi connectivity index (χ1v) is 9.54. The Morgan fingerprint density at radius 3 is 1.92 bits per heavy atom. The van der Waals surface area contributed by atoms with Gasteiger partial charge < -0.3 is 15.2 Å². The summed E-state index contributed by atoms with van der Waals surface area (Å²) in [6.45, 7) is 4.65. The largest absolute Gasteiger partial charge is 0.480 e. The van der Waals surface area contributed by atoms with Crippen molar-refractivity contribution in [3.63, 3.8) is 0 Å². The zero-order valence-electron chi connectivity index (χ0n) is 15.8. The van der Waals surface area contributed by atoms with Crippen LogP contribution in [-0.4, -0.2) is 36.7 Å². The molecular formula is C19H37NO4. The van der Waals surface area contributed by atoms with E-state index in [0.717, 1.165) is 38.7 Å². The van der Waals surface area contributed by atoms with Gasteiger partial charge in [0.05, 0.1) is 0 Å². The molecule has 1 unspecified atom stereocenters. The summed E-state index contributed by atoms with van der Waals surface area (Å²) in [4.78, 5) is 23.0. The Hall–Kier alpha value is -1.10. The summed E-state index contributed by atoms with van der Waals surface area (Å²) in [5.41, 5.74) is 0. The maximum Gasteiger partial charge on any atom is 0.326 e. The normalized spacial score (nSPS) is 13.5. The number of hydrogen-bond donors (Lipinski definition) is 2. The van der Waals surface area contributed by atoms with Crippen LogP contribution in [0.15, 0.2) is 0 Å². The number of nitrogens with one attached hydrogen (secondary N) is 1. The van der Waals surface area contributed by atoms with Crippen LogP contribution in [0.3, 0.4) is 0 Å². The first-order chi connectivity index (χ1) is 11.5. The summed E-state index contributed by atoms with van der Waals surface area (Å²) in [6, 6.07) is -0.763. The Balaban J connectivity index is 3.56. The highest BCUT2D eigenvalue weighted by atomic mass is 16.5. The smallest absolute Gasteiger partial charge is 0.326 e. The molecule has 0 saturated heterocycles. The Kier molecular flexibility index (Phi) is 14.7. The van der Waals surface area contributed by atoms with Crippen molar-refractivity contribution in [2.45, 2.75) is 90.5 Å². The van der Waals surface area contributed by atoms with Crippen LogP contribution in [0.4, 0.5) is 0 Å². The lowest BCUT2D eigenvalue weighted by molar-refractivity contribution is -0.143. The number of amides is 1. The molecule has 5 heteroatoms. The minimum atomic E-state index is -0.941. The third kappa shape index (κ3) is 12.3. The number of methoxy groups -OCH3 is 1. The fraction of sp³-hybridized carbons (Fsp3) is 0.895. The van der Waals surface area contributed by atoms with Crippen LogP contribution in [0.5, 0.6) is 0 Å². The van der Waals surface area contributed by atoms with Gasteiger partial charge in [0.1, 0.15) is 6.04 Å². The number of carbonyl (C=O) groups is 2. The van der Waals surface area contributed by atoms with E-state index in [4.69, 9.17) is 9.84 Å². The second-order valence-corrected chi connectivity index (χ2v) is 6.69. The SMILES string of the molecule is CCC(C)[C@H](NC(=O)CCCCCCCCCCCOC)C(=O)O. The molecule has 0 heterocycles. The average Bonchev–Trinajstić information content (AvgIpc) is 2.56. The van der Waals surface area contributed by atoms with Crippen LogP contribution in [-0.2, 0) is 14.3 Å². The van der Waals surface area contributed by atoms with Gasteiger partial charge in [-0.2, -0.15) is 0 Å². The molecule has 142 valence electrons. The van der Waals surface area contributed by atoms with Gasteiger partial charge in [0.2, 0.25) is 5.91 Å². The zero-order valence-corrected chi connectivity index (χ0v) is 15.8. The third-order valence-electron chi connectivity index (χ3n) is 4.55. The first kappa shape index (κ1) is 22.9. The molecule has 0 bridgehead atoms. The molecule has 2 N–H and O–H groups in total. The number of aliphatic carboxylic acids is 1. The van der Waals surface area contributed by atoms with Crippen molar-refractivity contribution >= 4 is 11.9 Å². The van der Waals surface area contributed by atoms with Crippen LogP contribution in [0.25, 0.3) is 0 Å². The van der Waals surface area contributed by atoms with Gasteiger partial charge in [-0.25, -0.2) is 4.79 Å². The van der Waals surface area contributed by atoms with Gasteiger partial charge in [0.25, 0.3) is 0 Å². The predicted molar refractivity (Wildman–Crippen MR) is 97.1 cm³/mol. The molecule has 0 aromatic rings. The molecule has 2 atom stereocenters. The second kappa shape index (κ2) is 15.4. The lowest BCUT2D eigenvalue weighted by Crippen LogP contribution is -2.44. The van der Waals surface area contributed by atoms with Crippen molar-refractivity contribution in [1.29, 1.82) is 0 Å². The van der Waals surface area contributed by atoms with Gasteiger partial charge in [0, 0.05) is 20.1 Å². The minimum absolute atomic E-state index is 0.0460. The maximum atomic E-state index is 11.9. The van der Waals surface area contributed by atoms with Gasteiger partial charge >= 0.3 is 5.97 Å². The van der Waals surface area contributed by atoms with Gasteiger partial charge in [-0.1, -0.05) is 65.2 Å². The molecule has 24 heavy (non-hydrogen) atoms. The van der Waals surface area contributed by atoms with Gasteiger partial charge in [-0.3, -0.25) is 4.79 Å². The molecule has 0 radical (unpaired) electrons. The number of carboxylic acid groups (broad SMARTS) is 1. The van der Waals surface area contributed by atoms with Crippen LogP contribution in [0.2, 0.25) is 0 Å². The highest BCUT2D eigenvalue weighted by Gasteiger charge is 2.24. The average molecular weight is 344 g/mol. The summed E-state index contributed by atoms with van der Waals surface area (Å²) in [5, 5.41) is 11.8. The quantitative estimate of drug-likeness (QED) is 0.413. The van der Waals surface area contributed by atoms with E-state index in [2.05, 4.69) is 5.32 Å². The number of ether oxygens (including phenoxy) is 1. The first-order valence-electron chi connectivity index (χ1n) is 9.54. The molecule has 0 aliphatic carbocycles. The molecular weight excluding hydrogens is 306 g/mol. The van der Waals surface area contributed by atoms with Crippen molar-refractivity contribution in [3.05, 3.63) is 0 Å². The van der Waals surface area contributed by atoms with Crippen LogP contribution in [0.1, 0.15) is 84.5 Å². The van der Waals surface area contributed by atoms with E-state index >= 15 is 0 Å². The van der Waals surface area contributed by atoms with Crippen LogP contribution in [0, 0.1) is 5.92 Å². The minimum Gasteiger partial charge on any atom is -0.480 e. The number of carboxylic acids is 1. The Morgan fingerprint density at radius 1 is 0.958 bits per heavy atom. The predicted octanol–water partition coefficient (Wildman–Crippen LogP) is 4.15. The highest BCUT2D eigenvalue weighted by molar-refractivity contribution is 5.83. The molecule has 0 aromatic heterocycles. The summed E-state index contributed by atoms with van der Waals surface area (Å²) in [6.07, 6.45) is 11.6. The summed E-state index contributed by atoms with van der Waals surface area (Å²) >= 11 is 0. The molecule has 0 aliphatic rings. The summed E-state index contributed by atoms with van der Waals surface area (Å²) in [5.74, 6) is -1.13. The Labute approximate surface area is 147 Å². The second-order valence-electron chi connectivity index (χ2n) is 6.69. The standard InChI is InChI=1S/C19H37NO4/c1-4-16(2)18(19(22)23)20-17(21)14-12-10-8-6-5-7-9-11-13-15-24-3/h16,18H,4-15H2,1-3H3,(H,20,21)(H,22,23)/t16?,18-/m0/s1. The van der Waals surface area contributed by atoms with E-state index in [1.165, 1.54) is 32.1 Å². The maximum absolute atomic E-state index is 11.9. The van der Waals surface area contributed by atoms with Crippen molar-refractivity contribution in [2.24, 2.45) is 5.92 Å². The van der Waals surface area contributed by atoms with E-state index in [0.29, 0.717) is 6.42 Å². The molecule has 0 spiro atoms. The molecule has 5 nitrogen and oxygen atoms in total. The molecule has 0 saturated carbocycles. The molecule has 0 aliphatic heterocycles. The lowest BCUT2D eigenvalue weighted by atomic mass is 9.99. The fourth-order valence-corrected chi connectivity index (χ4v) is 2.70. The molecule has 0 aromatic carbocycles. The molecule has 0 fully saturated rings. The van der Waals surface area contributed by atoms with E-state index < -0.39 is 12.0 Å². The summed E-state index contributed by atoms with van der Waals surface area (Å²) < 4.78 is 5.02. The van der Waals surface area contributed by atoms with Gasteiger partial charge in [-0.15, -0.1) is 0 Å². The number of carbonyl (C=O) groups excluding carboxylic acids is 1. The molecule has 0 rings (SSSR count). The van der Waals surface area contributed by atoms with Crippen molar-refractivity contribution < 1.29 is 19.4 Å². The van der Waals surface area contributed by atoms with Crippen LogP contribution < -0.4 is 5.32 Å². The monoisotopic (exact) mass is 343 g/mol. The highest BCUT2D eigenvalue weighted by Crippen LogP contribution is 2.12. The summed E-state index contributed by atoms with van der Waals surface area (Å²) in [7, 11) is 1.74. The van der Waals surface area contributed by atoms with Crippen molar-refractivity contribution in [3.8, 4) is 0 Å². The molecule has 1 amide bonds. The number of unbranched alkanes of at least 4 members (excludes halogenated alkanes) is 8. The number of hydrogen-bond acceptors (Lipinski definition) is 3. The van der Waals surface area contributed by atoms with Crippen LogP contribution >= 0.6 is 0 Å². The number of rotatable bonds is 16. The Bertz CT molecular complexity index is 333. The van der Waals surface area contributed by atoms with E-state index in [1.54, 1.807) is 7.11 Å². The third-order valence-corrected chi connectivity index (χ3v) is 4.55. The van der Waals surface area contributed by atoms with Crippen molar-refractivity contribution in [1.82, 2.24) is 5.32 Å². The lowest BCUT2D eigenvalue weighted by Gasteiger charge is -2.20. The van der Waals surface area contributed by atoms with Crippen molar-refractivity contribution in [2.75, 3.05) is 13.7 Å². The van der Waals surface area contributed by atoms with Gasteiger partial charge in [-0.05, 0) is 18.8 Å². The van der Waals surface area contributed by atoms with Gasteiger partial charge in [0.15, 0.2) is 0 Å². The van der Waals surface area contributed by atoms with E-state index in [1.807, 2.05) is 13.8 Å². The topological polar surface area (TPSA) is 75.6 Å². The Morgan fingerprint density at radius 2 is 1.46 bits per heavy atom. The zero-order chi connectivity index (χ0) is 18.2. The van der Waals surface area contributed by atoms with E-state index in [-0.39, 0.29) is 11.8 Å².